The first-order valence-electron chi connectivity index (χ1n) is 4.82. The molecule has 1 aromatic heterocycles. The van der Waals surface area contributed by atoms with Crippen LogP contribution in [0.1, 0.15) is 12.2 Å². The molecule has 88 valence electrons. The fourth-order valence-electron chi connectivity index (χ4n) is 1.08. The number of rotatable bonds is 5. The molecule has 0 aromatic carbocycles. The number of carbonyl (C=O) groups excluding carboxylic acids is 1. The van der Waals surface area contributed by atoms with E-state index in [1.807, 2.05) is 0 Å². The Morgan fingerprint density at radius 3 is 2.94 bits per heavy atom. The molecule has 0 aliphatic rings. The predicted octanol–water partition coefficient (Wildman–Crippen LogP) is 0.885. The lowest BCUT2D eigenvalue weighted by Gasteiger charge is -2.09. The van der Waals surface area contributed by atoms with E-state index in [4.69, 9.17) is 15.9 Å². The maximum atomic E-state index is 11.4. The Labute approximate surface area is 98.1 Å². The first-order valence-corrected chi connectivity index (χ1v) is 4.82. The molecule has 5 nitrogen and oxygen atoms in total. The second-order valence-electron chi connectivity index (χ2n) is 3.16. The van der Waals surface area contributed by atoms with Gasteiger partial charge in [-0.25, -0.2) is 4.79 Å². The van der Waals surface area contributed by atoms with E-state index in [-0.39, 0.29) is 6.42 Å². The first-order chi connectivity index (χ1) is 8.13. The van der Waals surface area contributed by atoms with Gasteiger partial charge < -0.3 is 14.8 Å². The molecule has 0 aliphatic carbocycles. The lowest BCUT2D eigenvalue weighted by molar-refractivity contribution is -0.141. The number of carbonyl (C=O) groups is 2. The molecule has 0 bridgehead atoms. The number of aliphatic carboxylic acids is 1. The molecular weight excluding hydrogens is 222 g/mol. The molecule has 1 unspecified atom stereocenters. The Bertz CT molecular complexity index is 453. The van der Waals surface area contributed by atoms with Gasteiger partial charge >= 0.3 is 5.97 Å². The van der Waals surface area contributed by atoms with Gasteiger partial charge in [0.15, 0.2) is 0 Å². The highest BCUT2D eigenvalue weighted by molar-refractivity contribution is 5.94. The van der Waals surface area contributed by atoms with Crippen molar-refractivity contribution in [3.8, 4) is 12.3 Å². The van der Waals surface area contributed by atoms with Gasteiger partial charge in [-0.3, -0.25) is 4.79 Å². The van der Waals surface area contributed by atoms with Crippen molar-refractivity contribution in [2.75, 3.05) is 0 Å². The lowest BCUT2D eigenvalue weighted by Crippen LogP contribution is -2.39. The minimum Gasteiger partial charge on any atom is -0.480 e. The number of terminal acetylenes is 1. The van der Waals surface area contributed by atoms with E-state index < -0.39 is 17.9 Å². The van der Waals surface area contributed by atoms with Crippen molar-refractivity contribution >= 4 is 18.0 Å². The van der Waals surface area contributed by atoms with Gasteiger partial charge in [-0.15, -0.1) is 12.3 Å². The normalized spacial score (nSPS) is 11.9. The molecule has 0 saturated carbocycles. The quantitative estimate of drug-likeness (QED) is 0.584. The van der Waals surface area contributed by atoms with Gasteiger partial charge in [0.25, 0.3) is 0 Å². The number of furan rings is 1. The lowest BCUT2D eigenvalue weighted by atomic mass is 10.2. The van der Waals surface area contributed by atoms with Crippen LogP contribution in [0.2, 0.25) is 0 Å². The smallest absolute Gasteiger partial charge is 0.327 e. The molecular formula is C12H11NO4. The highest BCUT2D eigenvalue weighted by atomic mass is 16.4. The summed E-state index contributed by atoms with van der Waals surface area (Å²) < 4.78 is 4.97. The molecule has 0 aliphatic heterocycles. The Morgan fingerprint density at radius 1 is 1.65 bits per heavy atom. The number of hydrogen-bond donors (Lipinski definition) is 2. The Kier molecular flexibility index (Phi) is 4.58. The molecule has 2 N–H and O–H groups in total. The second-order valence-corrected chi connectivity index (χ2v) is 3.16. The van der Waals surface area contributed by atoms with Crippen molar-refractivity contribution in [3.05, 3.63) is 30.2 Å². The monoisotopic (exact) mass is 233 g/mol. The Balaban J connectivity index is 2.54. The molecule has 0 spiro atoms. The van der Waals surface area contributed by atoms with Crippen LogP contribution < -0.4 is 5.32 Å². The highest BCUT2D eigenvalue weighted by Gasteiger charge is 2.17. The van der Waals surface area contributed by atoms with Crippen LogP contribution in [-0.4, -0.2) is 23.0 Å². The van der Waals surface area contributed by atoms with Crippen LogP contribution >= 0.6 is 0 Å². The van der Waals surface area contributed by atoms with Crippen molar-refractivity contribution in [2.45, 2.75) is 12.5 Å². The Hall–Kier alpha value is -2.48. The van der Waals surface area contributed by atoms with Crippen molar-refractivity contribution in [3.63, 3.8) is 0 Å². The third kappa shape index (κ3) is 4.26. The summed E-state index contributed by atoms with van der Waals surface area (Å²) in [5.41, 5.74) is 0. The maximum absolute atomic E-state index is 11.4. The summed E-state index contributed by atoms with van der Waals surface area (Å²) >= 11 is 0. The summed E-state index contributed by atoms with van der Waals surface area (Å²) in [5.74, 6) is 0.988. The van der Waals surface area contributed by atoms with Crippen LogP contribution in [0.15, 0.2) is 28.9 Å². The van der Waals surface area contributed by atoms with Gasteiger partial charge in [0.1, 0.15) is 11.8 Å². The fraction of sp³-hybridized carbons (Fsp3) is 0.167. The van der Waals surface area contributed by atoms with Crippen molar-refractivity contribution in [1.29, 1.82) is 0 Å². The third-order valence-corrected chi connectivity index (χ3v) is 1.88. The van der Waals surface area contributed by atoms with Crippen molar-refractivity contribution in [2.24, 2.45) is 0 Å². The first kappa shape index (κ1) is 12.6. The van der Waals surface area contributed by atoms with Gasteiger partial charge in [-0.1, -0.05) is 0 Å². The molecule has 1 amide bonds. The zero-order valence-electron chi connectivity index (χ0n) is 8.92. The van der Waals surface area contributed by atoms with Gasteiger partial charge in [-0.05, 0) is 18.2 Å². The summed E-state index contributed by atoms with van der Waals surface area (Å²) in [5, 5.41) is 11.0. The van der Waals surface area contributed by atoms with Crippen LogP contribution in [0.5, 0.6) is 0 Å². The topological polar surface area (TPSA) is 79.5 Å². The molecule has 5 heteroatoms. The van der Waals surface area contributed by atoms with Crippen LogP contribution in [-0.2, 0) is 9.59 Å². The van der Waals surface area contributed by atoms with Gasteiger partial charge in [0, 0.05) is 12.5 Å². The number of nitrogens with one attached hydrogen (secondary N) is 1. The minimum atomic E-state index is -1.16. The van der Waals surface area contributed by atoms with Gasteiger partial charge in [-0.2, -0.15) is 0 Å². The van der Waals surface area contributed by atoms with Crippen molar-refractivity contribution in [1.82, 2.24) is 5.32 Å². The summed E-state index contributed by atoms with van der Waals surface area (Å²) in [4.78, 5) is 22.1. The van der Waals surface area contributed by atoms with E-state index in [9.17, 15) is 9.59 Å². The zero-order chi connectivity index (χ0) is 12.7. The van der Waals surface area contributed by atoms with Crippen molar-refractivity contribution < 1.29 is 19.1 Å². The summed E-state index contributed by atoms with van der Waals surface area (Å²) in [6.07, 6.45) is 9.03. The number of carboxylic acid groups (broad SMARTS) is 1. The van der Waals surface area contributed by atoms with E-state index in [2.05, 4.69) is 11.2 Å². The number of carboxylic acids is 1. The van der Waals surface area contributed by atoms with E-state index in [1.165, 1.54) is 18.4 Å². The number of amides is 1. The molecule has 1 aromatic rings. The van der Waals surface area contributed by atoms with Crippen LogP contribution in [0, 0.1) is 12.3 Å². The van der Waals surface area contributed by atoms with Gasteiger partial charge in [0.05, 0.1) is 6.26 Å². The van der Waals surface area contributed by atoms with Gasteiger partial charge in [0.2, 0.25) is 5.91 Å². The molecule has 1 heterocycles. The summed E-state index contributed by atoms with van der Waals surface area (Å²) in [6, 6.07) is 2.27. The maximum Gasteiger partial charge on any atom is 0.327 e. The number of hydrogen-bond acceptors (Lipinski definition) is 3. The molecule has 17 heavy (non-hydrogen) atoms. The molecule has 0 radical (unpaired) electrons. The van der Waals surface area contributed by atoms with Crippen LogP contribution in [0.3, 0.4) is 0 Å². The highest BCUT2D eigenvalue weighted by Crippen LogP contribution is 2.02. The third-order valence-electron chi connectivity index (χ3n) is 1.88. The zero-order valence-corrected chi connectivity index (χ0v) is 8.92. The van der Waals surface area contributed by atoms with E-state index >= 15 is 0 Å². The average Bonchev–Trinajstić information content (AvgIpc) is 2.78. The molecule has 0 saturated heterocycles. The van der Waals surface area contributed by atoms with E-state index in [0.717, 1.165) is 0 Å². The van der Waals surface area contributed by atoms with Crippen LogP contribution in [0.25, 0.3) is 6.08 Å². The molecule has 1 atom stereocenters. The van der Waals surface area contributed by atoms with E-state index in [1.54, 1.807) is 12.1 Å². The largest absolute Gasteiger partial charge is 0.480 e. The van der Waals surface area contributed by atoms with Crippen LogP contribution in [0.4, 0.5) is 0 Å². The van der Waals surface area contributed by atoms with E-state index in [0.29, 0.717) is 5.76 Å². The summed E-state index contributed by atoms with van der Waals surface area (Å²) in [6.45, 7) is 0. The molecule has 1 rings (SSSR count). The second kappa shape index (κ2) is 6.18. The fourth-order valence-corrected chi connectivity index (χ4v) is 1.08. The standard InChI is InChI=1S/C12H11NO4/c1-2-4-10(12(15)16)13-11(14)7-6-9-5-3-8-17-9/h1,3,5-8,10H,4H2,(H,13,14)(H,15,16)/b7-6+. The Morgan fingerprint density at radius 2 is 2.41 bits per heavy atom. The minimum absolute atomic E-state index is 0.0599. The molecule has 0 fully saturated rings. The predicted molar refractivity (Wildman–Crippen MR) is 60.8 cm³/mol. The summed E-state index contributed by atoms with van der Waals surface area (Å²) in [7, 11) is 0. The SMILES string of the molecule is C#CCC(NC(=O)/C=C/c1ccco1)C(=O)O. The average molecular weight is 233 g/mol.